The summed E-state index contributed by atoms with van der Waals surface area (Å²) < 4.78 is 0. The molecule has 19 heavy (non-hydrogen) atoms. The molecule has 2 bridgehead atoms. The third-order valence-corrected chi connectivity index (χ3v) is 5.59. The number of nitrogens with one attached hydrogen (secondary N) is 1. The Kier molecular flexibility index (Phi) is 4.20. The molecule has 2 fully saturated rings. The molecule has 0 saturated carbocycles. The number of piperidine rings is 1. The number of aryl methyl sites for hydroxylation is 1. The maximum Gasteiger partial charge on any atom is 0.0798 e. The first kappa shape index (κ1) is 13.5. The summed E-state index contributed by atoms with van der Waals surface area (Å²) in [5, 5.41) is 3.75. The Hall–Kier alpha value is -0.450. The Bertz CT molecular complexity index is 405. The second kappa shape index (κ2) is 5.90. The number of thiazole rings is 1. The van der Waals surface area contributed by atoms with Crippen LogP contribution in [0.1, 0.15) is 49.6 Å². The van der Waals surface area contributed by atoms with Crippen LogP contribution >= 0.6 is 11.3 Å². The molecule has 0 radical (unpaired) electrons. The van der Waals surface area contributed by atoms with Crippen LogP contribution in [0.2, 0.25) is 0 Å². The highest BCUT2D eigenvalue weighted by molar-refractivity contribution is 7.09. The molecule has 0 spiro atoms. The van der Waals surface area contributed by atoms with E-state index in [1.165, 1.54) is 49.2 Å². The van der Waals surface area contributed by atoms with E-state index < -0.39 is 0 Å². The number of fused-ring (bicyclic) bond motifs is 2. The predicted molar refractivity (Wildman–Crippen MR) is 80.5 cm³/mol. The van der Waals surface area contributed by atoms with Crippen LogP contribution in [0.25, 0.3) is 0 Å². The fourth-order valence-corrected chi connectivity index (χ4v) is 4.47. The van der Waals surface area contributed by atoms with E-state index >= 15 is 0 Å². The summed E-state index contributed by atoms with van der Waals surface area (Å²) in [5.41, 5.74) is 3.21. The molecule has 0 aliphatic carbocycles. The van der Waals surface area contributed by atoms with E-state index in [1.807, 2.05) is 16.8 Å². The quantitative estimate of drug-likeness (QED) is 0.898. The molecule has 4 heteroatoms. The minimum atomic E-state index is 0.778. The van der Waals surface area contributed by atoms with Gasteiger partial charge in [0, 0.05) is 29.5 Å². The molecule has 0 amide bonds. The van der Waals surface area contributed by atoms with Crippen LogP contribution in [-0.2, 0) is 6.54 Å². The maximum atomic E-state index is 4.40. The number of aromatic nitrogens is 1. The van der Waals surface area contributed by atoms with Gasteiger partial charge in [0.1, 0.15) is 0 Å². The van der Waals surface area contributed by atoms with Crippen molar-refractivity contribution in [2.75, 3.05) is 6.54 Å². The molecule has 106 valence electrons. The van der Waals surface area contributed by atoms with Gasteiger partial charge in [-0.3, -0.25) is 4.90 Å². The summed E-state index contributed by atoms with van der Waals surface area (Å²) >= 11 is 1.82. The lowest BCUT2D eigenvalue weighted by Crippen LogP contribution is -2.48. The third kappa shape index (κ3) is 3.01. The SMILES string of the molecule is CCCN(Cc1scnc1C)C1CC2CCC(C1)N2. The van der Waals surface area contributed by atoms with Gasteiger partial charge < -0.3 is 5.32 Å². The van der Waals surface area contributed by atoms with Crippen molar-refractivity contribution in [1.82, 2.24) is 15.2 Å². The van der Waals surface area contributed by atoms with Crippen LogP contribution in [0.3, 0.4) is 0 Å². The molecule has 1 N–H and O–H groups in total. The average Bonchev–Trinajstić information content (AvgIpc) is 2.95. The molecule has 0 aromatic carbocycles. The molecule has 3 nitrogen and oxygen atoms in total. The van der Waals surface area contributed by atoms with E-state index in [1.54, 1.807) is 0 Å². The van der Waals surface area contributed by atoms with Crippen LogP contribution in [0.4, 0.5) is 0 Å². The van der Waals surface area contributed by atoms with E-state index in [0.29, 0.717) is 0 Å². The van der Waals surface area contributed by atoms with Gasteiger partial charge in [-0.1, -0.05) is 6.92 Å². The first-order valence-corrected chi connectivity index (χ1v) is 8.53. The highest BCUT2D eigenvalue weighted by Crippen LogP contribution is 2.31. The van der Waals surface area contributed by atoms with Crippen molar-refractivity contribution in [2.24, 2.45) is 0 Å². The van der Waals surface area contributed by atoms with Gasteiger partial charge >= 0.3 is 0 Å². The molecule has 2 atom stereocenters. The second-order valence-corrected chi connectivity index (χ2v) is 7.03. The van der Waals surface area contributed by atoms with E-state index in [9.17, 15) is 0 Å². The first-order valence-electron chi connectivity index (χ1n) is 7.65. The predicted octanol–water partition coefficient (Wildman–Crippen LogP) is 2.95. The van der Waals surface area contributed by atoms with Crippen molar-refractivity contribution in [1.29, 1.82) is 0 Å². The number of hydrogen-bond donors (Lipinski definition) is 1. The molecular weight excluding hydrogens is 254 g/mol. The number of rotatable bonds is 5. The van der Waals surface area contributed by atoms with Gasteiger partial charge in [-0.15, -0.1) is 11.3 Å². The minimum Gasteiger partial charge on any atom is -0.311 e. The van der Waals surface area contributed by atoms with Gasteiger partial charge in [0.05, 0.1) is 11.2 Å². The lowest BCUT2D eigenvalue weighted by atomic mass is 9.98. The van der Waals surface area contributed by atoms with Gasteiger partial charge in [-0.05, 0) is 45.6 Å². The van der Waals surface area contributed by atoms with Crippen molar-refractivity contribution >= 4 is 11.3 Å². The first-order chi connectivity index (χ1) is 9.26. The Morgan fingerprint density at radius 1 is 1.37 bits per heavy atom. The molecule has 1 aromatic heterocycles. The van der Waals surface area contributed by atoms with Crippen LogP contribution < -0.4 is 5.32 Å². The van der Waals surface area contributed by atoms with Crippen molar-refractivity contribution < 1.29 is 0 Å². The summed E-state index contributed by atoms with van der Waals surface area (Å²) in [5.74, 6) is 0. The second-order valence-electron chi connectivity index (χ2n) is 6.09. The largest absolute Gasteiger partial charge is 0.311 e. The number of hydrogen-bond acceptors (Lipinski definition) is 4. The Labute approximate surface area is 120 Å². The molecule has 2 aliphatic heterocycles. The fourth-order valence-electron chi connectivity index (χ4n) is 3.67. The lowest BCUT2D eigenvalue weighted by molar-refractivity contribution is 0.135. The Morgan fingerprint density at radius 3 is 2.68 bits per heavy atom. The molecule has 2 aliphatic rings. The smallest absolute Gasteiger partial charge is 0.0798 e. The van der Waals surface area contributed by atoms with E-state index in [-0.39, 0.29) is 0 Å². The molecule has 3 heterocycles. The highest BCUT2D eigenvalue weighted by Gasteiger charge is 2.35. The fraction of sp³-hybridized carbons (Fsp3) is 0.800. The van der Waals surface area contributed by atoms with E-state index in [0.717, 1.165) is 24.7 Å². The minimum absolute atomic E-state index is 0.778. The molecule has 3 rings (SSSR count). The lowest BCUT2D eigenvalue weighted by Gasteiger charge is -2.37. The molecule has 2 unspecified atom stereocenters. The van der Waals surface area contributed by atoms with Crippen LogP contribution in [-0.4, -0.2) is 34.6 Å². The summed E-state index contributed by atoms with van der Waals surface area (Å²) in [6.45, 7) is 6.76. The zero-order valence-corrected chi connectivity index (χ0v) is 12.9. The normalized spacial score (nSPS) is 30.2. The standard InChI is InChI=1S/C15H25N3S/c1-3-6-18(9-15-11(2)16-10-19-15)14-7-12-4-5-13(8-14)17-12/h10,12-14,17H,3-9H2,1-2H3. The molecule has 1 aromatic rings. The zero-order valence-electron chi connectivity index (χ0n) is 12.1. The van der Waals surface area contributed by atoms with Gasteiger partial charge in [0.15, 0.2) is 0 Å². The van der Waals surface area contributed by atoms with Crippen molar-refractivity contribution in [2.45, 2.75) is 70.6 Å². The van der Waals surface area contributed by atoms with Crippen molar-refractivity contribution in [3.05, 3.63) is 16.1 Å². The molecule has 2 saturated heterocycles. The topological polar surface area (TPSA) is 28.2 Å². The zero-order chi connectivity index (χ0) is 13.2. The van der Waals surface area contributed by atoms with Crippen LogP contribution in [0.15, 0.2) is 5.51 Å². The third-order valence-electron chi connectivity index (χ3n) is 4.67. The summed E-state index contributed by atoms with van der Waals surface area (Å²) in [6.07, 6.45) is 6.71. The van der Waals surface area contributed by atoms with Crippen molar-refractivity contribution in [3.8, 4) is 0 Å². The summed E-state index contributed by atoms with van der Waals surface area (Å²) in [4.78, 5) is 8.57. The van der Waals surface area contributed by atoms with Crippen LogP contribution in [0.5, 0.6) is 0 Å². The highest BCUT2D eigenvalue weighted by atomic mass is 32.1. The van der Waals surface area contributed by atoms with E-state index in [2.05, 4.69) is 29.0 Å². The monoisotopic (exact) mass is 279 g/mol. The molecular formula is C15H25N3S. The van der Waals surface area contributed by atoms with Crippen LogP contribution in [0, 0.1) is 6.92 Å². The maximum absolute atomic E-state index is 4.40. The summed E-state index contributed by atoms with van der Waals surface area (Å²) in [7, 11) is 0. The van der Waals surface area contributed by atoms with Crippen molar-refractivity contribution in [3.63, 3.8) is 0 Å². The Morgan fingerprint density at radius 2 is 2.11 bits per heavy atom. The van der Waals surface area contributed by atoms with E-state index in [4.69, 9.17) is 0 Å². The van der Waals surface area contributed by atoms with Gasteiger partial charge in [0.2, 0.25) is 0 Å². The van der Waals surface area contributed by atoms with Gasteiger partial charge in [-0.25, -0.2) is 4.98 Å². The van der Waals surface area contributed by atoms with Gasteiger partial charge in [-0.2, -0.15) is 0 Å². The number of nitrogens with zero attached hydrogens (tertiary/aromatic N) is 2. The van der Waals surface area contributed by atoms with Gasteiger partial charge in [0.25, 0.3) is 0 Å². The summed E-state index contributed by atoms with van der Waals surface area (Å²) in [6, 6.07) is 2.34. The Balaban J connectivity index is 1.68. The average molecular weight is 279 g/mol.